The summed E-state index contributed by atoms with van der Waals surface area (Å²) >= 11 is 3.54. The van der Waals surface area contributed by atoms with Gasteiger partial charge in [-0.2, -0.15) is 0 Å². The summed E-state index contributed by atoms with van der Waals surface area (Å²) in [4.78, 5) is 4.54. The van der Waals surface area contributed by atoms with Gasteiger partial charge in [0.25, 0.3) is 0 Å². The van der Waals surface area contributed by atoms with Crippen LogP contribution < -0.4 is 10.6 Å². The van der Waals surface area contributed by atoms with Crippen LogP contribution in [-0.2, 0) is 6.42 Å². The molecule has 0 bridgehead atoms. The first-order valence-electron chi connectivity index (χ1n) is 6.39. The minimum atomic E-state index is 0.695. The number of anilines is 1. The molecule has 0 heterocycles. The Morgan fingerprint density at radius 2 is 1.89 bits per heavy atom. The summed E-state index contributed by atoms with van der Waals surface area (Å²) < 4.78 is 1.12. The molecule has 0 amide bonds. The third kappa shape index (κ3) is 4.96. The second-order valence-electron chi connectivity index (χ2n) is 4.89. The Balaban J connectivity index is 2.70. The van der Waals surface area contributed by atoms with Crippen molar-refractivity contribution in [2.24, 2.45) is 5.73 Å². The van der Waals surface area contributed by atoms with Crippen molar-refractivity contribution >= 4 is 21.6 Å². The van der Waals surface area contributed by atoms with Gasteiger partial charge in [0.05, 0.1) is 0 Å². The predicted octanol–water partition coefficient (Wildman–Crippen LogP) is 2.34. The average Bonchev–Trinajstić information content (AvgIpc) is 2.31. The molecule has 0 atom stereocenters. The Morgan fingerprint density at radius 3 is 2.50 bits per heavy atom. The minimum Gasteiger partial charge on any atom is -0.374 e. The molecule has 0 spiro atoms. The SMILES string of the molecule is CN(C)CCCN(C)c1cc(Br)ccc1CCN. The molecular formula is C14H24BrN3. The van der Waals surface area contributed by atoms with Gasteiger partial charge in [-0.05, 0) is 57.7 Å². The van der Waals surface area contributed by atoms with Crippen molar-refractivity contribution in [1.82, 2.24) is 4.90 Å². The number of hydrogen-bond acceptors (Lipinski definition) is 3. The highest BCUT2D eigenvalue weighted by molar-refractivity contribution is 9.10. The fourth-order valence-electron chi connectivity index (χ4n) is 2.00. The Morgan fingerprint density at radius 1 is 1.17 bits per heavy atom. The molecule has 102 valence electrons. The largest absolute Gasteiger partial charge is 0.374 e. The van der Waals surface area contributed by atoms with Crippen LogP contribution in [0.4, 0.5) is 5.69 Å². The summed E-state index contributed by atoms with van der Waals surface area (Å²) in [6.07, 6.45) is 2.10. The maximum Gasteiger partial charge on any atom is 0.0407 e. The number of halogens is 1. The normalized spacial score (nSPS) is 11.0. The lowest BCUT2D eigenvalue weighted by Gasteiger charge is -2.23. The molecule has 2 N–H and O–H groups in total. The fourth-order valence-corrected chi connectivity index (χ4v) is 2.35. The van der Waals surface area contributed by atoms with Crippen LogP contribution in [0, 0.1) is 0 Å². The van der Waals surface area contributed by atoms with E-state index in [2.05, 4.69) is 65.1 Å². The Kier molecular flexibility index (Phi) is 6.68. The topological polar surface area (TPSA) is 32.5 Å². The lowest BCUT2D eigenvalue weighted by atomic mass is 10.1. The molecular weight excluding hydrogens is 290 g/mol. The van der Waals surface area contributed by atoms with Gasteiger partial charge in [-0.25, -0.2) is 0 Å². The molecule has 0 aliphatic carbocycles. The molecule has 0 aliphatic rings. The number of rotatable bonds is 7. The average molecular weight is 314 g/mol. The van der Waals surface area contributed by atoms with Gasteiger partial charge in [-0.3, -0.25) is 0 Å². The van der Waals surface area contributed by atoms with E-state index in [1.807, 2.05) is 0 Å². The van der Waals surface area contributed by atoms with Crippen molar-refractivity contribution in [3.63, 3.8) is 0 Å². The molecule has 0 saturated heterocycles. The van der Waals surface area contributed by atoms with Gasteiger partial charge in [0.2, 0.25) is 0 Å². The molecule has 1 rings (SSSR count). The number of benzene rings is 1. The summed E-state index contributed by atoms with van der Waals surface area (Å²) in [5.41, 5.74) is 8.28. The minimum absolute atomic E-state index is 0.695. The Hall–Kier alpha value is -0.580. The van der Waals surface area contributed by atoms with Crippen molar-refractivity contribution in [3.8, 4) is 0 Å². The van der Waals surface area contributed by atoms with Crippen LogP contribution in [0.15, 0.2) is 22.7 Å². The first kappa shape index (κ1) is 15.5. The summed E-state index contributed by atoms with van der Waals surface area (Å²) in [5.74, 6) is 0. The van der Waals surface area contributed by atoms with Gasteiger partial charge in [0, 0.05) is 23.8 Å². The third-order valence-corrected chi connectivity index (χ3v) is 3.46. The molecule has 0 saturated carbocycles. The van der Waals surface area contributed by atoms with Crippen LogP contribution in [0.25, 0.3) is 0 Å². The molecule has 1 aromatic carbocycles. The second-order valence-corrected chi connectivity index (χ2v) is 5.81. The third-order valence-electron chi connectivity index (χ3n) is 2.97. The van der Waals surface area contributed by atoms with Gasteiger partial charge in [0.15, 0.2) is 0 Å². The molecule has 0 unspecified atom stereocenters. The van der Waals surface area contributed by atoms with Gasteiger partial charge in [0.1, 0.15) is 0 Å². The van der Waals surface area contributed by atoms with E-state index in [0.717, 1.165) is 30.4 Å². The van der Waals surface area contributed by atoms with E-state index >= 15 is 0 Å². The van der Waals surface area contributed by atoms with E-state index < -0.39 is 0 Å². The zero-order valence-corrected chi connectivity index (χ0v) is 13.2. The lowest BCUT2D eigenvalue weighted by molar-refractivity contribution is 0.401. The first-order valence-corrected chi connectivity index (χ1v) is 7.18. The summed E-state index contributed by atoms with van der Waals surface area (Å²) in [6, 6.07) is 6.43. The number of hydrogen-bond donors (Lipinski definition) is 1. The molecule has 0 aliphatic heterocycles. The molecule has 0 fully saturated rings. The monoisotopic (exact) mass is 313 g/mol. The van der Waals surface area contributed by atoms with Crippen molar-refractivity contribution in [1.29, 1.82) is 0 Å². The maximum atomic E-state index is 5.67. The Bertz CT molecular complexity index is 366. The van der Waals surface area contributed by atoms with E-state index in [4.69, 9.17) is 5.73 Å². The highest BCUT2D eigenvalue weighted by atomic mass is 79.9. The van der Waals surface area contributed by atoms with E-state index in [9.17, 15) is 0 Å². The van der Waals surface area contributed by atoms with Crippen LogP contribution in [-0.4, -0.2) is 45.7 Å². The van der Waals surface area contributed by atoms with E-state index in [0.29, 0.717) is 6.54 Å². The van der Waals surface area contributed by atoms with Gasteiger partial charge in [-0.15, -0.1) is 0 Å². The van der Waals surface area contributed by atoms with Crippen LogP contribution in [0.3, 0.4) is 0 Å². The number of nitrogens with two attached hydrogens (primary N) is 1. The van der Waals surface area contributed by atoms with Crippen LogP contribution in [0.5, 0.6) is 0 Å². The molecule has 1 aromatic rings. The zero-order chi connectivity index (χ0) is 13.5. The van der Waals surface area contributed by atoms with Gasteiger partial charge < -0.3 is 15.5 Å². The van der Waals surface area contributed by atoms with Crippen molar-refractivity contribution in [2.45, 2.75) is 12.8 Å². The first-order chi connectivity index (χ1) is 8.54. The van der Waals surface area contributed by atoms with Crippen LogP contribution in [0.2, 0.25) is 0 Å². The van der Waals surface area contributed by atoms with Gasteiger partial charge >= 0.3 is 0 Å². The molecule has 0 aromatic heterocycles. The quantitative estimate of drug-likeness (QED) is 0.838. The second kappa shape index (κ2) is 7.77. The zero-order valence-electron chi connectivity index (χ0n) is 11.6. The summed E-state index contributed by atoms with van der Waals surface area (Å²) in [6.45, 7) is 2.87. The maximum absolute atomic E-state index is 5.67. The molecule has 18 heavy (non-hydrogen) atoms. The van der Waals surface area contributed by atoms with Crippen molar-refractivity contribution < 1.29 is 0 Å². The molecule has 0 radical (unpaired) electrons. The summed E-state index contributed by atoms with van der Waals surface area (Å²) in [5, 5.41) is 0. The van der Waals surface area contributed by atoms with E-state index in [1.54, 1.807) is 0 Å². The highest BCUT2D eigenvalue weighted by Gasteiger charge is 2.07. The highest BCUT2D eigenvalue weighted by Crippen LogP contribution is 2.24. The molecule has 3 nitrogen and oxygen atoms in total. The van der Waals surface area contributed by atoms with Crippen LogP contribution >= 0.6 is 15.9 Å². The van der Waals surface area contributed by atoms with E-state index in [-0.39, 0.29) is 0 Å². The smallest absolute Gasteiger partial charge is 0.0407 e. The Labute approximate surface area is 119 Å². The standard InChI is InChI=1S/C14H24BrN3/c1-17(2)9-4-10-18(3)14-11-13(15)6-5-12(14)7-8-16/h5-6,11H,4,7-10,16H2,1-3H3. The fraction of sp³-hybridized carbons (Fsp3) is 0.571. The lowest BCUT2D eigenvalue weighted by Crippen LogP contribution is -2.24. The van der Waals surface area contributed by atoms with Crippen LogP contribution in [0.1, 0.15) is 12.0 Å². The van der Waals surface area contributed by atoms with Crippen molar-refractivity contribution in [3.05, 3.63) is 28.2 Å². The molecule has 4 heteroatoms. The number of nitrogens with zero attached hydrogens (tertiary/aromatic N) is 2. The van der Waals surface area contributed by atoms with E-state index in [1.165, 1.54) is 11.3 Å². The predicted molar refractivity (Wildman–Crippen MR) is 83.3 cm³/mol. The van der Waals surface area contributed by atoms with Crippen molar-refractivity contribution in [2.75, 3.05) is 45.7 Å². The summed E-state index contributed by atoms with van der Waals surface area (Å²) in [7, 11) is 6.37. The van der Waals surface area contributed by atoms with Gasteiger partial charge in [-0.1, -0.05) is 22.0 Å².